The van der Waals surface area contributed by atoms with Gasteiger partial charge in [0.05, 0.1) is 19.2 Å². The monoisotopic (exact) mass is 359 g/mol. The maximum atomic E-state index is 6.24. The molecule has 0 radical (unpaired) electrons. The number of nitrogens with zero attached hydrogens (tertiary/aromatic N) is 1. The van der Waals surface area contributed by atoms with Gasteiger partial charge in [-0.3, -0.25) is 4.99 Å². The Balaban J connectivity index is 1.67. The number of nitrogens with two attached hydrogens (primary N) is 1. The number of halogens is 1. The van der Waals surface area contributed by atoms with Crippen LogP contribution in [0.5, 0.6) is 5.75 Å². The van der Waals surface area contributed by atoms with E-state index in [4.69, 9.17) is 26.8 Å². The molecule has 0 fully saturated rings. The van der Waals surface area contributed by atoms with Crippen LogP contribution in [0.2, 0.25) is 5.02 Å². The number of nitrogens with one attached hydrogen (secondary N) is 1. The van der Waals surface area contributed by atoms with Crippen molar-refractivity contribution in [1.82, 2.24) is 5.32 Å². The quantitative estimate of drug-likeness (QED) is 0.633. The number of rotatable bonds is 5. The third-order valence-corrected chi connectivity index (χ3v) is 4.59. The topological polar surface area (TPSA) is 68.9 Å². The number of hydrogen-bond acceptors (Lipinski definition) is 3. The minimum atomic E-state index is -0.240. The SMILES string of the molecule is COC(CN=C(N)NC1CCOc2ccccc21)c1ccccc1Cl. The van der Waals surface area contributed by atoms with E-state index in [1.54, 1.807) is 7.11 Å². The van der Waals surface area contributed by atoms with Crippen molar-refractivity contribution < 1.29 is 9.47 Å². The van der Waals surface area contributed by atoms with Gasteiger partial charge in [-0.2, -0.15) is 0 Å². The first kappa shape index (κ1) is 17.6. The van der Waals surface area contributed by atoms with E-state index in [1.165, 1.54) is 0 Å². The molecule has 2 aromatic rings. The van der Waals surface area contributed by atoms with Crippen LogP contribution >= 0.6 is 11.6 Å². The van der Waals surface area contributed by atoms with E-state index in [0.29, 0.717) is 24.1 Å². The van der Waals surface area contributed by atoms with Crippen molar-refractivity contribution in [2.45, 2.75) is 18.6 Å². The molecule has 6 heteroatoms. The highest BCUT2D eigenvalue weighted by Gasteiger charge is 2.21. The molecule has 5 nitrogen and oxygen atoms in total. The molecule has 1 heterocycles. The van der Waals surface area contributed by atoms with E-state index in [9.17, 15) is 0 Å². The maximum Gasteiger partial charge on any atom is 0.189 e. The summed E-state index contributed by atoms with van der Waals surface area (Å²) in [5.74, 6) is 1.28. The van der Waals surface area contributed by atoms with Gasteiger partial charge in [0, 0.05) is 29.7 Å². The van der Waals surface area contributed by atoms with Crippen LogP contribution in [-0.4, -0.2) is 26.2 Å². The maximum absolute atomic E-state index is 6.24. The summed E-state index contributed by atoms with van der Waals surface area (Å²) >= 11 is 6.24. The Morgan fingerprint density at radius 3 is 2.88 bits per heavy atom. The molecule has 0 amide bonds. The van der Waals surface area contributed by atoms with Gasteiger partial charge in [0.1, 0.15) is 11.9 Å². The molecule has 0 aromatic heterocycles. The van der Waals surface area contributed by atoms with Crippen molar-refractivity contribution in [3.05, 3.63) is 64.7 Å². The number of ether oxygens (including phenoxy) is 2. The molecular formula is C19H22ClN3O2. The van der Waals surface area contributed by atoms with Crippen LogP contribution in [0.15, 0.2) is 53.5 Å². The van der Waals surface area contributed by atoms with E-state index >= 15 is 0 Å². The zero-order chi connectivity index (χ0) is 17.6. The first-order chi connectivity index (χ1) is 12.2. The van der Waals surface area contributed by atoms with E-state index in [2.05, 4.69) is 10.3 Å². The van der Waals surface area contributed by atoms with Crippen LogP contribution in [0, 0.1) is 0 Å². The van der Waals surface area contributed by atoms with Gasteiger partial charge >= 0.3 is 0 Å². The largest absolute Gasteiger partial charge is 0.493 e. The number of hydrogen-bond donors (Lipinski definition) is 2. The van der Waals surface area contributed by atoms with Crippen molar-refractivity contribution in [3.8, 4) is 5.75 Å². The highest BCUT2D eigenvalue weighted by atomic mass is 35.5. The summed E-state index contributed by atoms with van der Waals surface area (Å²) in [5, 5.41) is 3.94. The third kappa shape index (κ3) is 4.24. The summed E-state index contributed by atoms with van der Waals surface area (Å²) in [5.41, 5.74) is 8.09. The molecule has 2 atom stereocenters. The molecule has 2 unspecified atom stereocenters. The van der Waals surface area contributed by atoms with Crippen LogP contribution in [-0.2, 0) is 4.74 Å². The van der Waals surface area contributed by atoms with Gasteiger partial charge in [-0.05, 0) is 12.1 Å². The molecule has 0 saturated heterocycles. The number of aliphatic imine (C=N–C) groups is 1. The van der Waals surface area contributed by atoms with E-state index in [0.717, 1.165) is 23.3 Å². The standard InChI is InChI=1S/C19H22ClN3O2/c1-24-18(13-6-2-4-8-15(13)20)12-22-19(21)23-16-10-11-25-17-9-5-3-7-14(16)17/h2-9,16,18H,10-12H2,1H3,(H3,21,22,23). The molecular weight excluding hydrogens is 338 g/mol. The normalized spacial score (nSPS) is 18.2. The molecule has 3 rings (SSSR count). The third-order valence-electron chi connectivity index (χ3n) is 4.24. The molecule has 2 aromatic carbocycles. The Bertz CT molecular complexity index is 751. The Morgan fingerprint density at radius 1 is 1.32 bits per heavy atom. The number of methoxy groups -OCH3 is 1. The molecule has 0 saturated carbocycles. The van der Waals surface area contributed by atoms with Gasteiger partial charge in [0.15, 0.2) is 5.96 Å². The highest BCUT2D eigenvalue weighted by Crippen LogP contribution is 2.31. The molecule has 1 aliphatic heterocycles. The zero-order valence-electron chi connectivity index (χ0n) is 14.1. The molecule has 0 bridgehead atoms. The summed E-state index contributed by atoms with van der Waals surface area (Å²) < 4.78 is 11.2. The lowest BCUT2D eigenvalue weighted by molar-refractivity contribution is 0.111. The summed E-state index contributed by atoms with van der Waals surface area (Å²) in [7, 11) is 1.64. The van der Waals surface area contributed by atoms with E-state index < -0.39 is 0 Å². The van der Waals surface area contributed by atoms with Gasteiger partial charge in [0.2, 0.25) is 0 Å². The number of para-hydroxylation sites is 1. The van der Waals surface area contributed by atoms with E-state index in [-0.39, 0.29) is 12.1 Å². The second kappa shape index (κ2) is 8.23. The van der Waals surface area contributed by atoms with Crippen molar-refractivity contribution in [2.75, 3.05) is 20.3 Å². The highest BCUT2D eigenvalue weighted by molar-refractivity contribution is 6.31. The lowest BCUT2D eigenvalue weighted by Crippen LogP contribution is -2.37. The minimum Gasteiger partial charge on any atom is -0.493 e. The number of fused-ring (bicyclic) bond motifs is 1. The number of benzene rings is 2. The fraction of sp³-hybridized carbons (Fsp3) is 0.316. The smallest absolute Gasteiger partial charge is 0.189 e. The molecule has 1 aliphatic rings. The lowest BCUT2D eigenvalue weighted by Gasteiger charge is -2.27. The minimum absolute atomic E-state index is 0.0926. The Kier molecular flexibility index (Phi) is 5.79. The Labute approximate surface area is 152 Å². The molecule has 0 spiro atoms. The predicted molar refractivity (Wildman–Crippen MR) is 100 cm³/mol. The van der Waals surface area contributed by atoms with Gasteiger partial charge in [-0.1, -0.05) is 48.0 Å². The first-order valence-corrected chi connectivity index (χ1v) is 8.62. The van der Waals surface area contributed by atoms with Crippen LogP contribution in [0.25, 0.3) is 0 Å². The second-order valence-electron chi connectivity index (χ2n) is 5.84. The average Bonchev–Trinajstić information content (AvgIpc) is 2.64. The van der Waals surface area contributed by atoms with Crippen molar-refractivity contribution in [2.24, 2.45) is 10.7 Å². The Hall–Kier alpha value is -2.24. The molecule has 25 heavy (non-hydrogen) atoms. The van der Waals surface area contributed by atoms with Crippen LogP contribution < -0.4 is 15.8 Å². The van der Waals surface area contributed by atoms with Crippen LogP contribution in [0.3, 0.4) is 0 Å². The summed E-state index contributed by atoms with van der Waals surface area (Å²) in [4.78, 5) is 4.44. The molecule has 132 valence electrons. The predicted octanol–water partition coefficient (Wildman–Crippen LogP) is 3.46. The number of guanidine groups is 1. The van der Waals surface area contributed by atoms with Gasteiger partial charge in [-0.15, -0.1) is 0 Å². The van der Waals surface area contributed by atoms with Crippen molar-refractivity contribution in [3.63, 3.8) is 0 Å². The van der Waals surface area contributed by atoms with Gasteiger partial charge in [0.25, 0.3) is 0 Å². The second-order valence-corrected chi connectivity index (χ2v) is 6.25. The first-order valence-electron chi connectivity index (χ1n) is 8.24. The zero-order valence-corrected chi connectivity index (χ0v) is 14.9. The lowest BCUT2D eigenvalue weighted by atomic mass is 10.0. The Morgan fingerprint density at radius 2 is 2.08 bits per heavy atom. The molecule has 3 N–H and O–H groups in total. The van der Waals surface area contributed by atoms with Crippen molar-refractivity contribution in [1.29, 1.82) is 0 Å². The van der Waals surface area contributed by atoms with Gasteiger partial charge < -0.3 is 20.5 Å². The average molecular weight is 360 g/mol. The van der Waals surface area contributed by atoms with Crippen molar-refractivity contribution >= 4 is 17.6 Å². The fourth-order valence-electron chi connectivity index (χ4n) is 2.93. The van der Waals surface area contributed by atoms with Crippen LogP contribution in [0.1, 0.15) is 29.7 Å². The van der Waals surface area contributed by atoms with Gasteiger partial charge in [-0.25, -0.2) is 0 Å². The summed E-state index contributed by atoms with van der Waals surface area (Å²) in [6.07, 6.45) is 0.599. The van der Waals surface area contributed by atoms with E-state index in [1.807, 2.05) is 48.5 Å². The molecule has 0 aliphatic carbocycles. The fourth-order valence-corrected chi connectivity index (χ4v) is 3.19. The van der Waals surface area contributed by atoms with Crippen LogP contribution in [0.4, 0.5) is 0 Å². The summed E-state index contributed by atoms with van der Waals surface area (Å²) in [6.45, 7) is 1.05. The summed E-state index contributed by atoms with van der Waals surface area (Å²) in [6, 6.07) is 15.7.